The van der Waals surface area contributed by atoms with Gasteiger partial charge in [0.2, 0.25) is 0 Å². The summed E-state index contributed by atoms with van der Waals surface area (Å²) in [4.78, 5) is 14.6. The topological polar surface area (TPSA) is 40.5 Å². The number of fused-ring (bicyclic) bond motifs is 9. The zero-order chi connectivity index (χ0) is 37.5. The van der Waals surface area contributed by atoms with Gasteiger partial charge in [0.05, 0.1) is 22.1 Å². The van der Waals surface area contributed by atoms with Crippen molar-refractivity contribution in [2.75, 3.05) is 0 Å². The van der Waals surface area contributed by atoms with Crippen molar-refractivity contribution >= 4 is 33.2 Å². The second-order valence-electron chi connectivity index (χ2n) is 14.9. The van der Waals surface area contributed by atoms with E-state index in [0.29, 0.717) is 0 Å². The van der Waals surface area contributed by atoms with Gasteiger partial charge in [0, 0.05) is 48.9 Å². The first kappa shape index (κ1) is 31.7. The maximum absolute atomic E-state index is 5.47. The van der Waals surface area contributed by atoms with Crippen LogP contribution >= 0.6 is 0 Å². The van der Waals surface area contributed by atoms with Crippen LogP contribution in [0.5, 0.6) is 0 Å². The van der Waals surface area contributed by atoms with Crippen LogP contribution in [0.2, 0.25) is 0 Å². The highest BCUT2D eigenvalue weighted by molar-refractivity contribution is 6.20. The van der Waals surface area contributed by atoms with Gasteiger partial charge in [-0.15, -0.1) is 0 Å². The fourth-order valence-electron chi connectivity index (χ4n) is 9.34. The third kappa shape index (κ3) is 4.79. The number of H-pyrrole nitrogens is 1. The third-order valence-corrected chi connectivity index (χ3v) is 11.8. The standard InChI is InChI=1S/C54H33N3/c1-3-16-33(17-4-1)35-20-7-8-21-36(35)37-22-9-10-24-39(37)51-50(42-26-15-29-46-49(42)41-25-12-14-28-45(41)55-46)43(34-18-5-2-6-19-34)32-48-52(51)53-47(56-48)31-30-40-38-23-11-13-27-44(38)57-54(40)53/h1-32,55H. The van der Waals surface area contributed by atoms with E-state index in [1.54, 1.807) is 0 Å². The Bertz CT molecular complexity index is 3510. The molecule has 3 heterocycles. The van der Waals surface area contributed by atoms with E-state index in [-0.39, 0.29) is 0 Å². The molecule has 0 aliphatic carbocycles. The van der Waals surface area contributed by atoms with Crippen molar-refractivity contribution in [2.24, 2.45) is 9.98 Å². The summed E-state index contributed by atoms with van der Waals surface area (Å²) >= 11 is 0. The number of hydrogen-bond acceptors (Lipinski definition) is 2. The predicted molar refractivity (Wildman–Crippen MR) is 234 cm³/mol. The van der Waals surface area contributed by atoms with Crippen molar-refractivity contribution in [1.29, 1.82) is 0 Å². The summed E-state index contributed by atoms with van der Waals surface area (Å²) in [6.07, 6.45) is 0. The molecular weight excluding hydrogens is 691 g/mol. The average Bonchev–Trinajstić information content (AvgIpc) is 3.98. The zero-order valence-corrected chi connectivity index (χ0v) is 30.9. The van der Waals surface area contributed by atoms with Gasteiger partial charge in [-0.05, 0) is 86.5 Å². The van der Waals surface area contributed by atoms with Crippen LogP contribution < -0.4 is 10.7 Å². The highest BCUT2D eigenvalue weighted by atomic mass is 14.8. The van der Waals surface area contributed by atoms with Crippen molar-refractivity contribution < 1.29 is 0 Å². The van der Waals surface area contributed by atoms with Gasteiger partial charge in [-0.3, -0.25) is 0 Å². The van der Waals surface area contributed by atoms with Gasteiger partial charge in [0.15, 0.2) is 0 Å². The molecule has 12 rings (SSSR count). The summed E-state index contributed by atoms with van der Waals surface area (Å²) in [6.45, 7) is 0. The van der Waals surface area contributed by atoms with Crippen molar-refractivity contribution in [3.8, 4) is 66.8 Å². The normalized spacial score (nSPS) is 12.1. The van der Waals surface area contributed by atoms with Crippen LogP contribution in [0.1, 0.15) is 0 Å². The summed E-state index contributed by atoms with van der Waals surface area (Å²) < 4.78 is 0. The highest BCUT2D eigenvalue weighted by Gasteiger charge is 2.31. The molecule has 3 heteroatoms. The average molecular weight is 724 g/mol. The Morgan fingerprint density at radius 1 is 0.333 bits per heavy atom. The van der Waals surface area contributed by atoms with Crippen molar-refractivity contribution in [3.63, 3.8) is 0 Å². The number of hydrogen-bond donors (Lipinski definition) is 1. The van der Waals surface area contributed by atoms with Crippen LogP contribution in [0, 0.1) is 10.4 Å². The Balaban J connectivity index is 1.29. The predicted octanol–water partition coefficient (Wildman–Crippen LogP) is 13.1. The molecule has 0 fully saturated rings. The molecule has 0 bridgehead atoms. The number of aromatic nitrogens is 1. The molecule has 2 aliphatic heterocycles. The summed E-state index contributed by atoms with van der Waals surface area (Å²) in [6, 6.07) is 69.9. The first-order chi connectivity index (χ1) is 28.3. The number of nitrogens with one attached hydrogen (secondary N) is 1. The van der Waals surface area contributed by atoms with E-state index in [0.717, 1.165) is 82.5 Å². The van der Waals surface area contributed by atoms with Crippen molar-refractivity contribution in [2.45, 2.75) is 0 Å². The van der Waals surface area contributed by atoms with Crippen molar-refractivity contribution in [3.05, 3.63) is 215 Å². The maximum Gasteiger partial charge on any atom is 0.0817 e. The van der Waals surface area contributed by atoms with E-state index < -0.39 is 0 Å². The van der Waals surface area contributed by atoms with Gasteiger partial charge >= 0.3 is 0 Å². The van der Waals surface area contributed by atoms with Crippen LogP contribution in [-0.4, -0.2) is 4.98 Å². The van der Waals surface area contributed by atoms with E-state index in [9.17, 15) is 0 Å². The molecule has 10 aromatic rings. The minimum atomic E-state index is 0.949. The molecule has 0 radical (unpaired) electrons. The number of benzene rings is 9. The van der Waals surface area contributed by atoms with E-state index in [4.69, 9.17) is 9.98 Å². The zero-order valence-electron chi connectivity index (χ0n) is 30.9. The van der Waals surface area contributed by atoms with Gasteiger partial charge in [-0.1, -0.05) is 158 Å². The summed E-state index contributed by atoms with van der Waals surface area (Å²) in [5.74, 6) is 0. The number of aromatic amines is 1. The van der Waals surface area contributed by atoms with Crippen LogP contribution in [-0.2, 0) is 0 Å². The summed E-state index contributed by atoms with van der Waals surface area (Å²) in [5.41, 5.74) is 18.1. The molecule has 0 saturated carbocycles. The van der Waals surface area contributed by atoms with Crippen LogP contribution in [0.3, 0.4) is 0 Å². The summed E-state index contributed by atoms with van der Waals surface area (Å²) in [7, 11) is 0. The third-order valence-electron chi connectivity index (χ3n) is 11.8. The molecule has 2 aliphatic rings. The molecule has 0 atom stereocenters. The SMILES string of the molecule is c1ccc(-c2ccccc2-c2ccccc2-c2c3c(cc(-c4ccccc4)c2-c2cccc4[nH]c5ccccc5c24)N=c2ccc4c(c2-3)N=c2ccccc2=4)cc1. The fraction of sp³-hybridized carbons (Fsp3) is 0. The summed E-state index contributed by atoms with van der Waals surface area (Å²) in [5, 5.41) is 6.66. The molecule has 0 saturated heterocycles. The molecule has 0 unspecified atom stereocenters. The lowest BCUT2D eigenvalue weighted by Gasteiger charge is -2.24. The van der Waals surface area contributed by atoms with Crippen molar-refractivity contribution in [1.82, 2.24) is 4.98 Å². The van der Waals surface area contributed by atoms with E-state index in [1.165, 1.54) is 38.6 Å². The molecule has 0 spiro atoms. The lowest BCUT2D eigenvalue weighted by molar-refractivity contribution is 1.36. The smallest absolute Gasteiger partial charge is 0.0817 e. The molecule has 1 aromatic heterocycles. The minimum absolute atomic E-state index is 0.949. The van der Waals surface area contributed by atoms with Gasteiger partial charge in [-0.25, -0.2) is 9.98 Å². The fourth-order valence-corrected chi connectivity index (χ4v) is 9.34. The Morgan fingerprint density at radius 3 is 1.75 bits per heavy atom. The Hall–Kier alpha value is -7.62. The number of rotatable bonds is 5. The first-order valence-electron chi connectivity index (χ1n) is 19.5. The van der Waals surface area contributed by atoms with E-state index in [2.05, 4.69) is 199 Å². The molecular formula is C54H33N3. The van der Waals surface area contributed by atoms with Crippen LogP contribution in [0.25, 0.3) is 88.6 Å². The molecule has 57 heavy (non-hydrogen) atoms. The Kier molecular flexibility index (Phi) is 6.93. The molecule has 9 aromatic carbocycles. The van der Waals surface area contributed by atoms with E-state index in [1.807, 2.05) is 0 Å². The van der Waals surface area contributed by atoms with Gasteiger partial charge in [0.1, 0.15) is 0 Å². The molecule has 3 nitrogen and oxygen atoms in total. The minimum Gasteiger partial charge on any atom is -0.354 e. The molecule has 264 valence electrons. The quantitative estimate of drug-likeness (QED) is 0.184. The lowest BCUT2D eigenvalue weighted by Crippen LogP contribution is -2.02. The maximum atomic E-state index is 5.47. The Morgan fingerprint density at radius 2 is 0.947 bits per heavy atom. The first-order valence-corrected chi connectivity index (χ1v) is 19.5. The van der Waals surface area contributed by atoms with E-state index >= 15 is 0 Å². The van der Waals surface area contributed by atoms with Crippen LogP contribution in [0.4, 0.5) is 11.4 Å². The number of nitrogens with zero attached hydrogens (tertiary/aromatic N) is 2. The van der Waals surface area contributed by atoms with Gasteiger partial charge < -0.3 is 4.98 Å². The lowest BCUT2D eigenvalue weighted by atomic mass is 9.79. The second kappa shape index (κ2) is 12.5. The van der Waals surface area contributed by atoms with Gasteiger partial charge in [-0.2, -0.15) is 0 Å². The largest absolute Gasteiger partial charge is 0.354 e. The molecule has 1 N–H and O–H groups in total. The van der Waals surface area contributed by atoms with Gasteiger partial charge in [0.25, 0.3) is 0 Å². The number of para-hydroxylation sites is 2. The Labute approximate surface area is 328 Å². The highest BCUT2D eigenvalue weighted by Crippen LogP contribution is 2.56. The van der Waals surface area contributed by atoms with Crippen LogP contribution in [0.15, 0.2) is 204 Å². The second-order valence-corrected chi connectivity index (χ2v) is 14.9. The monoisotopic (exact) mass is 723 g/mol. The molecule has 0 amide bonds.